The lowest BCUT2D eigenvalue weighted by Gasteiger charge is -2.18. The second-order valence-corrected chi connectivity index (χ2v) is 5.66. The lowest BCUT2D eigenvalue weighted by molar-refractivity contribution is 0.0785. The maximum atomic E-state index is 12.5. The van der Waals surface area contributed by atoms with Gasteiger partial charge in [-0.3, -0.25) is 4.79 Å². The van der Waals surface area contributed by atoms with Crippen LogP contribution in [0, 0.1) is 0 Å². The summed E-state index contributed by atoms with van der Waals surface area (Å²) in [4.78, 5) is 16.5. The first kappa shape index (κ1) is 13.7. The van der Waals surface area contributed by atoms with Gasteiger partial charge in [0.05, 0.1) is 0 Å². The summed E-state index contributed by atoms with van der Waals surface area (Å²) in [5.74, 6) is 0.0798. The number of likely N-dealkylation sites (N-methyl/N-ethyl adjacent to an activating group) is 1. The quantitative estimate of drug-likeness (QED) is 0.863. The number of hydrogen-bond acceptors (Lipinski definition) is 2. The predicted molar refractivity (Wildman–Crippen MR) is 85.7 cm³/mol. The third kappa shape index (κ3) is 2.77. The van der Waals surface area contributed by atoms with E-state index in [0.29, 0.717) is 6.54 Å². The first-order valence-electron chi connectivity index (χ1n) is 7.28. The summed E-state index contributed by atoms with van der Waals surface area (Å²) in [6, 6.07) is 16.1. The van der Waals surface area contributed by atoms with E-state index in [0.717, 1.165) is 24.1 Å². The monoisotopic (exact) mass is 280 g/mol. The van der Waals surface area contributed by atoms with Gasteiger partial charge in [-0.15, -0.1) is 0 Å². The van der Waals surface area contributed by atoms with Gasteiger partial charge in [0.1, 0.15) is 0 Å². The van der Waals surface area contributed by atoms with Gasteiger partial charge in [0.2, 0.25) is 0 Å². The van der Waals surface area contributed by atoms with Crippen molar-refractivity contribution >= 4 is 11.6 Å². The number of carbonyl (C=O) groups excluding carboxylic acids is 1. The van der Waals surface area contributed by atoms with Crippen LogP contribution < -0.4 is 4.90 Å². The van der Waals surface area contributed by atoms with Crippen LogP contribution in [0.1, 0.15) is 21.5 Å². The number of amides is 1. The van der Waals surface area contributed by atoms with Crippen LogP contribution in [0.3, 0.4) is 0 Å². The fourth-order valence-corrected chi connectivity index (χ4v) is 2.85. The summed E-state index contributed by atoms with van der Waals surface area (Å²) in [5, 5.41) is 0. The number of anilines is 1. The molecule has 0 aromatic heterocycles. The van der Waals surface area contributed by atoms with Crippen LogP contribution in [0.5, 0.6) is 0 Å². The Kier molecular flexibility index (Phi) is 3.65. The highest BCUT2D eigenvalue weighted by Crippen LogP contribution is 2.27. The molecule has 0 unspecified atom stereocenters. The van der Waals surface area contributed by atoms with Gasteiger partial charge in [-0.1, -0.05) is 30.3 Å². The molecule has 3 rings (SSSR count). The van der Waals surface area contributed by atoms with Crippen molar-refractivity contribution in [3.8, 4) is 0 Å². The van der Waals surface area contributed by atoms with Gasteiger partial charge < -0.3 is 9.80 Å². The smallest absolute Gasteiger partial charge is 0.253 e. The van der Waals surface area contributed by atoms with Crippen molar-refractivity contribution in [1.29, 1.82) is 0 Å². The molecule has 0 spiro atoms. The van der Waals surface area contributed by atoms with E-state index >= 15 is 0 Å². The summed E-state index contributed by atoms with van der Waals surface area (Å²) in [6.45, 7) is 1.67. The zero-order valence-electron chi connectivity index (χ0n) is 12.5. The second kappa shape index (κ2) is 5.60. The Bertz CT molecular complexity index is 652. The number of fused-ring (bicyclic) bond motifs is 1. The number of hydrogen-bond donors (Lipinski definition) is 0. The molecule has 1 aliphatic rings. The predicted octanol–water partition coefficient (Wildman–Crippen LogP) is 2.95. The second-order valence-electron chi connectivity index (χ2n) is 5.66. The van der Waals surface area contributed by atoms with E-state index in [1.165, 1.54) is 11.3 Å². The van der Waals surface area contributed by atoms with Crippen molar-refractivity contribution in [3.05, 3.63) is 65.2 Å². The minimum Gasteiger partial charge on any atom is -0.374 e. The van der Waals surface area contributed by atoms with Crippen LogP contribution in [-0.2, 0) is 13.0 Å². The molecule has 3 heteroatoms. The van der Waals surface area contributed by atoms with Gasteiger partial charge >= 0.3 is 0 Å². The average Bonchev–Trinajstić information content (AvgIpc) is 2.88. The van der Waals surface area contributed by atoms with Crippen molar-refractivity contribution in [3.63, 3.8) is 0 Å². The Balaban J connectivity index is 1.76. The fourth-order valence-electron chi connectivity index (χ4n) is 2.85. The zero-order valence-corrected chi connectivity index (χ0v) is 12.5. The molecule has 0 bridgehead atoms. The molecular weight excluding hydrogens is 260 g/mol. The van der Waals surface area contributed by atoms with E-state index in [1.807, 2.05) is 49.5 Å². The van der Waals surface area contributed by atoms with Crippen LogP contribution in [0.15, 0.2) is 48.5 Å². The number of benzene rings is 2. The van der Waals surface area contributed by atoms with E-state index in [-0.39, 0.29) is 5.91 Å². The summed E-state index contributed by atoms with van der Waals surface area (Å²) >= 11 is 0. The minimum absolute atomic E-state index is 0.0798. The highest BCUT2D eigenvalue weighted by molar-refractivity contribution is 5.95. The van der Waals surface area contributed by atoms with Gasteiger partial charge in [0.15, 0.2) is 0 Å². The third-order valence-electron chi connectivity index (χ3n) is 4.06. The first-order valence-corrected chi connectivity index (χ1v) is 7.28. The Hall–Kier alpha value is -2.29. The van der Waals surface area contributed by atoms with Crippen LogP contribution in [0.25, 0.3) is 0 Å². The van der Waals surface area contributed by atoms with Crippen molar-refractivity contribution in [2.24, 2.45) is 0 Å². The molecule has 1 amide bonds. The standard InChI is InChI=1S/C18H20N2O/c1-19-11-10-15-12-16(8-9-17(15)19)18(21)20(2)13-14-6-4-3-5-7-14/h3-9,12H,10-11,13H2,1-2H3. The minimum atomic E-state index is 0.0798. The van der Waals surface area contributed by atoms with E-state index < -0.39 is 0 Å². The summed E-state index contributed by atoms with van der Waals surface area (Å²) in [5.41, 5.74) is 4.45. The fraction of sp³-hybridized carbons (Fsp3) is 0.278. The number of carbonyl (C=O) groups is 1. The third-order valence-corrected chi connectivity index (χ3v) is 4.06. The lowest BCUT2D eigenvalue weighted by Crippen LogP contribution is -2.26. The Morgan fingerprint density at radius 2 is 1.95 bits per heavy atom. The van der Waals surface area contributed by atoms with Crippen molar-refractivity contribution in [1.82, 2.24) is 4.90 Å². The average molecular weight is 280 g/mol. The van der Waals surface area contributed by atoms with Gasteiger partial charge in [-0.25, -0.2) is 0 Å². The molecule has 0 radical (unpaired) electrons. The van der Waals surface area contributed by atoms with Gasteiger partial charge in [0, 0.05) is 38.4 Å². The van der Waals surface area contributed by atoms with Gasteiger partial charge in [-0.2, -0.15) is 0 Å². The van der Waals surface area contributed by atoms with E-state index in [2.05, 4.69) is 18.0 Å². The van der Waals surface area contributed by atoms with E-state index in [1.54, 1.807) is 4.90 Å². The number of rotatable bonds is 3. The first-order chi connectivity index (χ1) is 10.1. The highest BCUT2D eigenvalue weighted by atomic mass is 16.2. The Morgan fingerprint density at radius 1 is 1.19 bits per heavy atom. The molecule has 1 heterocycles. The van der Waals surface area contributed by atoms with Crippen LogP contribution in [-0.4, -0.2) is 31.4 Å². The van der Waals surface area contributed by atoms with E-state index in [9.17, 15) is 4.79 Å². The molecule has 0 N–H and O–H groups in total. The lowest BCUT2D eigenvalue weighted by atomic mass is 10.1. The van der Waals surface area contributed by atoms with Crippen molar-refractivity contribution in [2.45, 2.75) is 13.0 Å². The maximum absolute atomic E-state index is 12.5. The zero-order chi connectivity index (χ0) is 14.8. The summed E-state index contributed by atoms with van der Waals surface area (Å²) < 4.78 is 0. The molecule has 108 valence electrons. The molecule has 1 aliphatic heterocycles. The summed E-state index contributed by atoms with van der Waals surface area (Å²) in [7, 11) is 3.95. The molecule has 0 atom stereocenters. The van der Waals surface area contributed by atoms with Crippen LogP contribution in [0.4, 0.5) is 5.69 Å². The van der Waals surface area contributed by atoms with Crippen LogP contribution in [0.2, 0.25) is 0 Å². The summed E-state index contributed by atoms with van der Waals surface area (Å²) in [6.07, 6.45) is 1.02. The van der Waals surface area contributed by atoms with Gasteiger partial charge in [-0.05, 0) is 35.7 Å². The van der Waals surface area contributed by atoms with E-state index in [4.69, 9.17) is 0 Å². The normalized spacial score (nSPS) is 13.1. The molecule has 2 aromatic rings. The number of nitrogens with zero attached hydrogens (tertiary/aromatic N) is 2. The Labute approximate surface area is 125 Å². The Morgan fingerprint density at radius 3 is 2.71 bits per heavy atom. The molecule has 0 aliphatic carbocycles. The largest absolute Gasteiger partial charge is 0.374 e. The molecule has 0 saturated carbocycles. The molecular formula is C18H20N2O. The van der Waals surface area contributed by atoms with Crippen molar-refractivity contribution in [2.75, 3.05) is 25.5 Å². The molecule has 21 heavy (non-hydrogen) atoms. The highest BCUT2D eigenvalue weighted by Gasteiger charge is 2.19. The van der Waals surface area contributed by atoms with Gasteiger partial charge in [0.25, 0.3) is 5.91 Å². The molecule has 0 saturated heterocycles. The van der Waals surface area contributed by atoms with Crippen LogP contribution >= 0.6 is 0 Å². The van der Waals surface area contributed by atoms with Crippen molar-refractivity contribution < 1.29 is 4.79 Å². The molecule has 2 aromatic carbocycles. The maximum Gasteiger partial charge on any atom is 0.253 e. The topological polar surface area (TPSA) is 23.6 Å². The molecule has 3 nitrogen and oxygen atoms in total. The SMILES string of the molecule is CN(Cc1ccccc1)C(=O)c1ccc2c(c1)CCN2C. The molecule has 0 fully saturated rings.